The summed E-state index contributed by atoms with van der Waals surface area (Å²) >= 11 is 1.33. The fourth-order valence-electron chi connectivity index (χ4n) is 5.63. The van der Waals surface area contributed by atoms with Gasteiger partial charge in [-0.25, -0.2) is 4.98 Å². The zero-order valence-corrected chi connectivity index (χ0v) is 24.8. The minimum atomic E-state index is -1.01. The van der Waals surface area contributed by atoms with Gasteiger partial charge in [0.2, 0.25) is 5.78 Å². The summed E-state index contributed by atoms with van der Waals surface area (Å²) < 4.78 is 18.4. The number of ether oxygens (including phenoxy) is 2. The number of fused-ring (bicyclic) bond motifs is 2. The normalized spacial score (nSPS) is 15.0. The van der Waals surface area contributed by atoms with Gasteiger partial charge in [0.25, 0.3) is 5.91 Å². The molecule has 44 heavy (non-hydrogen) atoms. The van der Waals surface area contributed by atoms with Crippen molar-refractivity contribution in [3.8, 4) is 17.2 Å². The Balaban J connectivity index is 1.38. The summed E-state index contributed by atoms with van der Waals surface area (Å²) in [5.74, 6) is -0.437. The Bertz CT molecular complexity index is 2130. The average molecular weight is 603 g/mol. The molecule has 0 fully saturated rings. The van der Waals surface area contributed by atoms with Crippen LogP contribution in [0.3, 0.4) is 0 Å². The molecule has 0 saturated carbocycles. The molecule has 7 rings (SSSR count). The molecular weight excluding hydrogens is 576 g/mol. The Morgan fingerprint density at radius 3 is 2.52 bits per heavy atom. The first-order valence-electron chi connectivity index (χ1n) is 13.9. The van der Waals surface area contributed by atoms with Gasteiger partial charge in [-0.05, 0) is 73.0 Å². The SMILES string of the molecule is COc1cccc2cc(C(=O)C3=C(O)C(=O)N(c4nc5c(C)cc(C)cc5s4)C3c3cccc(Oc4ccccc4)c3)oc12. The summed E-state index contributed by atoms with van der Waals surface area (Å²) in [5, 5.41) is 12.4. The van der Waals surface area contributed by atoms with Gasteiger partial charge in [-0.3, -0.25) is 14.5 Å². The number of rotatable bonds is 7. The maximum Gasteiger partial charge on any atom is 0.296 e. The van der Waals surface area contributed by atoms with Crippen molar-refractivity contribution in [2.24, 2.45) is 0 Å². The summed E-state index contributed by atoms with van der Waals surface area (Å²) in [6, 6.07) is 26.4. The van der Waals surface area contributed by atoms with Crippen LogP contribution < -0.4 is 14.4 Å². The zero-order valence-electron chi connectivity index (χ0n) is 24.0. The number of aliphatic hydroxyl groups is 1. The van der Waals surface area contributed by atoms with E-state index >= 15 is 0 Å². The van der Waals surface area contributed by atoms with Crippen LogP contribution in [0.1, 0.15) is 33.3 Å². The molecule has 1 atom stereocenters. The number of ketones is 1. The lowest BCUT2D eigenvalue weighted by molar-refractivity contribution is -0.117. The number of carbonyl (C=O) groups is 2. The van der Waals surface area contributed by atoms with Gasteiger partial charge in [0.1, 0.15) is 11.5 Å². The highest BCUT2D eigenvalue weighted by atomic mass is 32.1. The zero-order chi connectivity index (χ0) is 30.5. The molecule has 8 nitrogen and oxygen atoms in total. The van der Waals surface area contributed by atoms with Crippen LogP contribution >= 0.6 is 11.3 Å². The van der Waals surface area contributed by atoms with Crippen molar-refractivity contribution in [3.63, 3.8) is 0 Å². The minimum absolute atomic E-state index is 0.0295. The van der Waals surface area contributed by atoms with Crippen molar-refractivity contribution in [1.82, 2.24) is 4.98 Å². The molecule has 1 aliphatic rings. The highest BCUT2D eigenvalue weighted by Crippen LogP contribution is 2.46. The number of hydrogen-bond donors (Lipinski definition) is 1. The Morgan fingerprint density at radius 1 is 0.955 bits per heavy atom. The molecule has 0 aliphatic carbocycles. The third kappa shape index (κ3) is 4.58. The topological polar surface area (TPSA) is 102 Å². The summed E-state index contributed by atoms with van der Waals surface area (Å²) in [7, 11) is 1.52. The van der Waals surface area contributed by atoms with E-state index in [0.717, 1.165) is 21.3 Å². The highest BCUT2D eigenvalue weighted by Gasteiger charge is 2.47. The van der Waals surface area contributed by atoms with Gasteiger partial charge in [0.05, 0.1) is 28.9 Å². The number of thiazole rings is 1. The molecule has 1 unspecified atom stereocenters. The standard InChI is InChI=1S/C35H26N2O6S/c1-19-15-20(2)29-27(16-19)44-35(36-29)37-30(21-9-7-13-24(17-21)42-23-11-5-4-6-12-23)28(32(39)34(37)40)31(38)26-18-22-10-8-14-25(41-3)33(22)43-26/h4-18,30,39H,1-3H3. The van der Waals surface area contributed by atoms with Crippen molar-refractivity contribution in [1.29, 1.82) is 0 Å². The van der Waals surface area contributed by atoms with E-state index in [1.165, 1.54) is 23.3 Å². The van der Waals surface area contributed by atoms with E-state index < -0.39 is 23.5 Å². The minimum Gasteiger partial charge on any atom is -0.503 e. The number of anilines is 1. The van der Waals surface area contributed by atoms with Crippen LogP contribution in [0, 0.1) is 13.8 Å². The molecule has 218 valence electrons. The Kier molecular flexibility index (Phi) is 6.67. The first kappa shape index (κ1) is 27.4. The van der Waals surface area contributed by atoms with E-state index in [9.17, 15) is 14.7 Å². The second-order valence-electron chi connectivity index (χ2n) is 10.6. The summed E-state index contributed by atoms with van der Waals surface area (Å²) in [6.07, 6.45) is 0. The molecule has 9 heteroatoms. The molecule has 0 spiro atoms. The number of aryl methyl sites for hydroxylation is 2. The second kappa shape index (κ2) is 10.7. The van der Waals surface area contributed by atoms with E-state index in [2.05, 4.69) is 0 Å². The molecule has 0 saturated heterocycles. The number of benzene rings is 4. The van der Waals surface area contributed by atoms with Gasteiger partial charge in [0, 0.05) is 5.39 Å². The number of nitrogens with zero attached hydrogens (tertiary/aromatic N) is 2. The van der Waals surface area contributed by atoms with Crippen molar-refractivity contribution in [2.75, 3.05) is 12.0 Å². The van der Waals surface area contributed by atoms with Crippen LogP contribution in [-0.2, 0) is 4.79 Å². The largest absolute Gasteiger partial charge is 0.503 e. The molecular formula is C35H26N2O6S. The second-order valence-corrected chi connectivity index (χ2v) is 11.6. The fourth-order valence-corrected chi connectivity index (χ4v) is 6.79. The number of hydrogen-bond acceptors (Lipinski definition) is 8. The number of methoxy groups -OCH3 is 1. The molecule has 1 aliphatic heterocycles. The lowest BCUT2D eigenvalue weighted by Gasteiger charge is -2.24. The molecule has 0 radical (unpaired) electrons. The molecule has 1 N–H and O–H groups in total. The lowest BCUT2D eigenvalue weighted by Crippen LogP contribution is -2.31. The lowest BCUT2D eigenvalue weighted by atomic mass is 9.95. The third-order valence-electron chi connectivity index (χ3n) is 7.58. The van der Waals surface area contributed by atoms with Crippen LogP contribution in [0.25, 0.3) is 21.2 Å². The quantitative estimate of drug-likeness (QED) is 0.184. The number of amides is 1. The van der Waals surface area contributed by atoms with Crippen molar-refractivity contribution in [2.45, 2.75) is 19.9 Å². The molecule has 3 heterocycles. The monoisotopic (exact) mass is 602 g/mol. The third-order valence-corrected chi connectivity index (χ3v) is 8.58. The van der Waals surface area contributed by atoms with Gasteiger partial charge in [-0.15, -0.1) is 0 Å². The Labute approximate surface area is 256 Å². The summed E-state index contributed by atoms with van der Waals surface area (Å²) in [6.45, 7) is 3.97. The summed E-state index contributed by atoms with van der Waals surface area (Å²) in [4.78, 5) is 34.3. The number of furan rings is 1. The molecule has 2 aromatic heterocycles. The summed E-state index contributed by atoms with van der Waals surface area (Å²) in [5.41, 5.74) is 3.63. The van der Waals surface area contributed by atoms with E-state index in [1.54, 1.807) is 48.5 Å². The number of aliphatic hydroxyl groups excluding tert-OH is 1. The molecule has 4 aromatic carbocycles. The van der Waals surface area contributed by atoms with E-state index in [0.29, 0.717) is 38.9 Å². The van der Waals surface area contributed by atoms with Gasteiger partial charge < -0.3 is 19.0 Å². The number of aromatic nitrogens is 1. The molecule has 0 bridgehead atoms. The first-order chi connectivity index (χ1) is 21.3. The van der Waals surface area contributed by atoms with Crippen molar-refractivity contribution < 1.29 is 28.6 Å². The van der Waals surface area contributed by atoms with E-state index in [-0.39, 0.29) is 11.3 Å². The van der Waals surface area contributed by atoms with Gasteiger partial charge in [-0.2, -0.15) is 0 Å². The Hall–Kier alpha value is -5.41. The number of para-hydroxylation sites is 2. The smallest absolute Gasteiger partial charge is 0.296 e. The maximum atomic E-state index is 14.2. The number of Topliss-reactive ketones (excluding diaryl/α,β-unsaturated/α-hetero) is 1. The van der Waals surface area contributed by atoms with E-state index in [4.69, 9.17) is 18.9 Å². The van der Waals surface area contributed by atoms with Crippen LogP contribution in [0.5, 0.6) is 17.2 Å². The Morgan fingerprint density at radius 2 is 1.73 bits per heavy atom. The van der Waals surface area contributed by atoms with Crippen molar-refractivity contribution >= 4 is 49.3 Å². The van der Waals surface area contributed by atoms with Crippen LogP contribution in [0.15, 0.2) is 107 Å². The molecule has 6 aromatic rings. The van der Waals surface area contributed by atoms with Crippen LogP contribution in [-0.4, -0.2) is 28.9 Å². The van der Waals surface area contributed by atoms with Crippen LogP contribution in [0.4, 0.5) is 5.13 Å². The predicted octanol–water partition coefficient (Wildman–Crippen LogP) is 8.24. The predicted molar refractivity (Wildman–Crippen MR) is 169 cm³/mol. The van der Waals surface area contributed by atoms with Crippen molar-refractivity contribution in [3.05, 3.63) is 125 Å². The average Bonchev–Trinajstić information content (AvgIpc) is 3.72. The maximum absolute atomic E-state index is 14.2. The molecule has 1 amide bonds. The van der Waals surface area contributed by atoms with Gasteiger partial charge in [0.15, 0.2) is 28.0 Å². The number of carbonyl (C=O) groups excluding carboxylic acids is 2. The van der Waals surface area contributed by atoms with E-state index in [1.807, 2.05) is 56.3 Å². The van der Waals surface area contributed by atoms with Gasteiger partial charge in [-0.1, -0.05) is 59.9 Å². The highest BCUT2D eigenvalue weighted by molar-refractivity contribution is 7.22. The fraction of sp³-hybridized carbons (Fsp3) is 0.114. The first-order valence-corrected chi connectivity index (χ1v) is 14.7. The van der Waals surface area contributed by atoms with Gasteiger partial charge >= 0.3 is 0 Å². The van der Waals surface area contributed by atoms with Crippen LogP contribution in [0.2, 0.25) is 0 Å².